The number of morpholine rings is 1. The van der Waals surface area contributed by atoms with Crippen LogP contribution in [0, 0.1) is 0 Å². The van der Waals surface area contributed by atoms with Crippen LogP contribution < -0.4 is 15.5 Å². The molecule has 11 heteroatoms. The number of aryl methyl sites for hydroxylation is 1. The van der Waals surface area contributed by atoms with Crippen molar-refractivity contribution in [3.63, 3.8) is 0 Å². The Kier molecular flexibility index (Phi) is 7.69. The highest BCUT2D eigenvalue weighted by Crippen LogP contribution is 2.37. The lowest BCUT2D eigenvalue weighted by Gasteiger charge is -2.36. The maximum atomic E-state index is 12.8. The number of rotatable bonds is 7. The molecule has 3 aliphatic heterocycles. The van der Waals surface area contributed by atoms with Gasteiger partial charge in [-0.1, -0.05) is 12.1 Å². The molecule has 0 radical (unpaired) electrons. The number of piperazine rings is 1. The number of carbonyl (C=O) groups excluding carboxylic acids is 1. The Morgan fingerprint density at radius 2 is 1.56 bits per heavy atom. The maximum Gasteiger partial charge on any atom is 0.323 e. The molecular weight excluding hydrogens is 542 g/mol. The Bertz CT molecular complexity index is 1560. The molecule has 224 valence electrons. The SMILES string of the molecule is CCn1ncc2c(N3C4CCC3COC4)nc(-c3ccc(NC(=O)Nc4ccc(CN5CCN(C)CC5)cc4)cc3)nc21. The van der Waals surface area contributed by atoms with Crippen LogP contribution in [0.3, 0.4) is 0 Å². The standard InChI is InChI=1S/C32H39N9O2/c1-3-40-30-28(18-33-40)31(41-26-12-13-27(41)21-43-20-26)37-29(36-30)23-6-10-25(11-7-23)35-32(42)34-24-8-4-22(5-9-24)19-39-16-14-38(2)15-17-39/h4-11,18,26-27H,3,12-17,19-21H2,1-2H3,(H2,34,35,42). The van der Waals surface area contributed by atoms with Crippen LogP contribution in [-0.2, 0) is 17.8 Å². The van der Waals surface area contributed by atoms with Crippen molar-refractivity contribution < 1.29 is 9.53 Å². The average Bonchev–Trinajstić information content (AvgIpc) is 3.55. The molecule has 2 aromatic heterocycles. The van der Waals surface area contributed by atoms with Crippen LogP contribution in [0.1, 0.15) is 25.3 Å². The summed E-state index contributed by atoms with van der Waals surface area (Å²) in [5, 5.41) is 11.4. The number of hydrogen-bond acceptors (Lipinski definition) is 8. The number of nitrogens with zero attached hydrogens (tertiary/aromatic N) is 7. The number of nitrogens with one attached hydrogen (secondary N) is 2. The molecule has 0 spiro atoms. The number of benzene rings is 2. The van der Waals surface area contributed by atoms with Gasteiger partial charge in [-0.15, -0.1) is 0 Å². The van der Waals surface area contributed by atoms with Crippen LogP contribution in [0.15, 0.2) is 54.7 Å². The predicted octanol–water partition coefficient (Wildman–Crippen LogP) is 4.27. The zero-order chi connectivity index (χ0) is 29.3. The normalized spacial score (nSPS) is 20.9. The summed E-state index contributed by atoms with van der Waals surface area (Å²) in [4.78, 5) is 30.0. The largest absolute Gasteiger partial charge is 0.377 e. The van der Waals surface area contributed by atoms with Gasteiger partial charge in [0.05, 0.1) is 36.9 Å². The molecule has 3 fully saturated rings. The number of amides is 2. The minimum atomic E-state index is -0.283. The van der Waals surface area contributed by atoms with Gasteiger partial charge in [0.2, 0.25) is 0 Å². The molecule has 2 aromatic carbocycles. The number of hydrogen-bond donors (Lipinski definition) is 2. The molecule has 4 aromatic rings. The van der Waals surface area contributed by atoms with Gasteiger partial charge in [-0.05, 0) is 68.8 Å². The Balaban J connectivity index is 1.03. The first-order valence-electron chi connectivity index (χ1n) is 15.3. The minimum absolute atomic E-state index is 0.283. The predicted molar refractivity (Wildman–Crippen MR) is 168 cm³/mol. The van der Waals surface area contributed by atoms with Crippen molar-refractivity contribution in [3.8, 4) is 11.4 Å². The Hall–Kier alpha value is -4.06. The van der Waals surface area contributed by atoms with E-state index in [1.54, 1.807) is 0 Å². The zero-order valence-corrected chi connectivity index (χ0v) is 24.9. The molecule has 43 heavy (non-hydrogen) atoms. The van der Waals surface area contributed by atoms with E-state index in [4.69, 9.17) is 14.7 Å². The molecule has 2 N–H and O–H groups in total. The molecule has 3 saturated heterocycles. The van der Waals surface area contributed by atoms with E-state index >= 15 is 0 Å². The zero-order valence-electron chi connectivity index (χ0n) is 24.9. The lowest BCUT2D eigenvalue weighted by atomic mass is 10.1. The summed E-state index contributed by atoms with van der Waals surface area (Å²) < 4.78 is 7.75. The fourth-order valence-corrected chi connectivity index (χ4v) is 6.43. The third kappa shape index (κ3) is 5.80. The first-order valence-corrected chi connectivity index (χ1v) is 15.3. The van der Waals surface area contributed by atoms with Crippen molar-refractivity contribution in [2.45, 2.75) is 44.9 Å². The summed E-state index contributed by atoms with van der Waals surface area (Å²) >= 11 is 0. The van der Waals surface area contributed by atoms with Crippen molar-refractivity contribution >= 4 is 34.3 Å². The molecule has 3 aliphatic rings. The van der Waals surface area contributed by atoms with Gasteiger partial charge >= 0.3 is 6.03 Å². The van der Waals surface area contributed by atoms with E-state index in [1.165, 1.54) is 5.56 Å². The number of likely N-dealkylation sites (N-methyl/N-ethyl adjacent to an activating group) is 1. The van der Waals surface area contributed by atoms with E-state index in [2.05, 4.69) is 56.5 Å². The molecule has 2 unspecified atom stereocenters. The van der Waals surface area contributed by atoms with E-state index in [0.29, 0.717) is 23.6 Å². The molecule has 2 atom stereocenters. The number of carbonyl (C=O) groups is 1. The molecule has 11 nitrogen and oxygen atoms in total. The average molecular weight is 582 g/mol. The summed E-state index contributed by atoms with van der Waals surface area (Å²) in [5.41, 5.74) is 4.42. The second-order valence-corrected chi connectivity index (χ2v) is 11.8. The van der Waals surface area contributed by atoms with Crippen LogP contribution in [0.5, 0.6) is 0 Å². The van der Waals surface area contributed by atoms with E-state index in [0.717, 1.165) is 93.4 Å². The van der Waals surface area contributed by atoms with Crippen molar-refractivity contribution in [2.75, 3.05) is 62.0 Å². The van der Waals surface area contributed by atoms with E-state index in [-0.39, 0.29) is 6.03 Å². The first-order chi connectivity index (χ1) is 21.0. The van der Waals surface area contributed by atoms with Gasteiger partial charge in [0.25, 0.3) is 0 Å². The molecule has 2 amide bonds. The van der Waals surface area contributed by atoms with Gasteiger partial charge in [-0.25, -0.2) is 19.4 Å². The van der Waals surface area contributed by atoms with Gasteiger partial charge in [0.1, 0.15) is 5.82 Å². The highest BCUT2D eigenvalue weighted by Gasteiger charge is 2.39. The molecular formula is C32H39N9O2. The van der Waals surface area contributed by atoms with Gasteiger partial charge in [0, 0.05) is 56.2 Å². The number of ether oxygens (including phenoxy) is 1. The van der Waals surface area contributed by atoms with E-state index in [1.807, 2.05) is 47.3 Å². The van der Waals surface area contributed by atoms with Gasteiger partial charge in [-0.3, -0.25) is 4.90 Å². The lowest BCUT2D eigenvalue weighted by molar-refractivity contribution is 0.0904. The van der Waals surface area contributed by atoms with E-state index in [9.17, 15) is 4.79 Å². The Labute approximate surface area is 251 Å². The van der Waals surface area contributed by atoms with E-state index < -0.39 is 0 Å². The molecule has 7 rings (SSSR count). The summed E-state index contributed by atoms with van der Waals surface area (Å²) in [5.74, 6) is 1.59. The quantitative estimate of drug-likeness (QED) is 0.334. The third-order valence-corrected chi connectivity index (χ3v) is 8.88. The second kappa shape index (κ2) is 11.9. The minimum Gasteiger partial charge on any atom is -0.377 e. The lowest BCUT2D eigenvalue weighted by Crippen LogP contribution is -2.46. The Morgan fingerprint density at radius 1 is 0.907 bits per heavy atom. The number of aromatic nitrogens is 4. The monoisotopic (exact) mass is 581 g/mol. The third-order valence-electron chi connectivity index (χ3n) is 8.88. The van der Waals surface area contributed by atoms with Crippen LogP contribution in [0.4, 0.5) is 22.0 Å². The van der Waals surface area contributed by atoms with Crippen LogP contribution >= 0.6 is 0 Å². The van der Waals surface area contributed by atoms with Crippen molar-refractivity contribution in [3.05, 3.63) is 60.3 Å². The van der Waals surface area contributed by atoms with Gasteiger partial charge in [0.15, 0.2) is 11.5 Å². The first kappa shape index (κ1) is 27.8. The summed E-state index contributed by atoms with van der Waals surface area (Å²) in [6.07, 6.45) is 4.10. The highest BCUT2D eigenvalue weighted by molar-refractivity contribution is 5.99. The fraction of sp³-hybridized carbons (Fsp3) is 0.438. The second-order valence-electron chi connectivity index (χ2n) is 11.8. The molecule has 5 heterocycles. The van der Waals surface area contributed by atoms with Gasteiger partial charge < -0.3 is 25.2 Å². The molecule has 0 saturated carbocycles. The van der Waals surface area contributed by atoms with Crippen molar-refractivity contribution in [1.82, 2.24) is 29.5 Å². The number of anilines is 3. The van der Waals surface area contributed by atoms with Crippen molar-refractivity contribution in [1.29, 1.82) is 0 Å². The van der Waals surface area contributed by atoms with Gasteiger partial charge in [-0.2, -0.15) is 5.10 Å². The highest BCUT2D eigenvalue weighted by atomic mass is 16.5. The molecule has 2 bridgehead atoms. The molecule has 0 aliphatic carbocycles. The van der Waals surface area contributed by atoms with Crippen LogP contribution in [-0.4, -0.2) is 94.1 Å². The summed E-state index contributed by atoms with van der Waals surface area (Å²) in [6.45, 7) is 9.54. The summed E-state index contributed by atoms with van der Waals surface area (Å²) in [7, 11) is 2.17. The Morgan fingerprint density at radius 3 is 2.21 bits per heavy atom. The van der Waals surface area contributed by atoms with Crippen molar-refractivity contribution in [2.24, 2.45) is 0 Å². The van der Waals surface area contributed by atoms with Crippen LogP contribution in [0.2, 0.25) is 0 Å². The number of urea groups is 1. The maximum absolute atomic E-state index is 12.8. The fourth-order valence-electron chi connectivity index (χ4n) is 6.43. The van der Waals surface area contributed by atoms with Crippen LogP contribution in [0.25, 0.3) is 22.4 Å². The number of fused-ring (bicyclic) bond motifs is 3. The summed E-state index contributed by atoms with van der Waals surface area (Å²) in [6, 6.07) is 16.1. The topological polar surface area (TPSA) is 104 Å². The smallest absolute Gasteiger partial charge is 0.323 e.